The second-order valence-corrected chi connectivity index (χ2v) is 5.09. The van der Waals surface area contributed by atoms with Gasteiger partial charge in [-0.15, -0.1) is 0 Å². The molecule has 0 saturated heterocycles. The van der Waals surface area contributed by atoms with Crippen LogP contribution >= 0.6 is 11.8 Å². The Morgan fingerprint density at radius 2 is 1.67 bits per heavy atom. The van der Waals surface area contributed by atoms with Crippen LogP contribution in [0.5, 0.6) is 0 Å². The molecule has 0 bridgehead atoms. The van der Waals surface area contributed by atoms with E-state index in [1.165, 1.54) is 12.1 Å². The highest BCUT2D eigenvalue weighted by Crippen LogP contribution is 2.32. The van der Waals surface area contributed by atoms with Crippen LogP contribution in [-0.4, -0.2) is 0 Å². The van der Waals surface area contributed by atoms with Crippen LogP contribution < -0.4 is 5.73 Å². The molecule has 2 rings (SSSR count). The third-order valence-electron chi connectivity index (χ3n) is 2.54. The number of halogens is 2. The van der Waals surface area contributed by atoms with Crippen LogP contribution in [0.4, 0.5) is 8.78 Å². The summed E-state index contributed by atoms with van der Waals surface area (Å²) in [6.45, 7) is 1.79. The molecule has 2 aromatic rings. The van der Waals surface area contributed by atoms with Gasteiger partial charge in [-0.3, -0.25) is 0 Å². The Bertz CT molecular complexity index is 555. The molecule has 0 fully saturated rings. The standard InChI is InChI=1S/C14H13F2NS/c1-9(17)10-6-7-14(12(16)8-10)18-13-5-3-2-4-11(13)15/h2-9H,17H2,1H3/t9-/m0/s1. The second-order valence-electron chi connectivity index (χ2n) is 4.01. The Balaban J connectivity index is 2.28. The van der Waals surface area contributed by atoms with E-state index in [2.05, 4.69) is 0 Å². The van der Waals surface area contributed by atoms with Gasteiger partial charge in [-0.05, 0) is 36.8 Å². The molecule has 0 spiro atoms. The fourth-order valence-corrected chi connectivity index (χ4v) is 2.37. The molecule has 0 heterocycles. The van der Waals surface area contributed by atoms with Crippen molar-refractivity contribution in [2.75, 3.05) is 0 Å². The lowest BCUT2D eigenvalue weighted by Crippen LogP contribution is -2.05. The monoisotopic (exact) mass is 265 g/mol. The fraction of sp³-hybridized carbons (Fsp3) is 0.143. The summed E-state index contributed by atoms with van der Waals surface area (Å²) < 4.78 is 27.3. The van der Waals surface area contributed by atoms with Crippen molar-refractivity contribution in [1.29, 1.82) is 0 Å². The molecule has 0 saturated carbocycles. The summed E-state index contributed by atoms with van der Waals surface area (Å²) in [5.41, 5.74) is 6.40. The maximum absolute atomic E-state index is 13.8. The lowest BCUT2D eigenvalue weighted by atomic mass is 10.1. The predicted octanol–water partition coefficient (Wildman–Crippen LogP) is 4.14. The van der Waals surface area contributed by atoms with Gasteiger partial charge in [-0.1, -0.05) is 30.0 Å². The SMILES string of the molecule is C[C@H](N)c1ccc(Sc2ccccc2F)c(F)c1. The normalized spacial score (nSPS) is 12.4. The van der Waals surface area contributed by atoms with E-state index < -0.39 is 0 Å². The summed E-state index contributed by atoms with van der Waals surface area (Å²) in [5.74, 6) is -0.726. The molecule has 1 atom stereocenters. The first kappa shape index (κ1) is 13.1. The fourth-order valence-electron chi connectivity index (χ4n) is 1.53. The van der Waals surface area contributed by atoms with E-state index in [-0.39, 0.29) is 17.7 Å². The molecule has 0 aliphatic heterocycles. The lowest BCUT2D eigenvalue weighted by molar-refractivity contribution is 0.592. The van der Waals surface area contributed by atoms with Crippen LogP contribution in [0.25, 0.3) is 0 Å². The smallest absolute Gasteiger partial charge is 0.137 e. The first-order chi connectivity index (χ1) is 8.58. The Morgan fingerprint density at radius 3 is 2.28 bits per heavy atom. The van der Waals surface area contributed by atoms with E-state index >= 15 is 0 Å². The largest absolute Gasteiger partial charge is 0.324 e. The minimum Gasteiger partial charge on any atom is -0.324 e. The molecular formula is C14H13F2NS. The topological polar surface area (TPSA) is 26.0 Å². The van der Waals surface area contributed by atoms with E-state index in [1.807, 2.05) is 0 Å². The minimum atomic E-state index is -0.377. The Morgan fingerprint density at radius 1 is 1.00 bits per heavy atom. The van der Waals surface area contributed by atoms with Crippen LogP contribution in [-0.2, 0) is 0 Å². The minimum absolute atomic E-state index is 0.216. The number of hydrogen-bond acceptors (Lipinski definition) is 2. The van der Waals surface area contributed by atoms with Crippen LogP contribution in [0, 0.1) is 11.6 Å². The van der Waals surface area contributed by atoms with Crippen molar-refractivity contribution in [3.8, 4) is 0 Å². The molecule has 0 aliphatic rings. The summed E-state index contributed by atoms with van der Waals surface area (Å²) in [6, 6.07) is 10.9. The van der Waals surface area contributed by atoms with Gasteiger partial charge in [0, 0.05) is 15.8 Å². The maximum Gasteiger partial charge on any atom is 0.137 e. The highest BCUT2D eigenvalue weighted by atomic mass is 32.2. The molecule has 94 valence electrons. The Kier molecular flexibility index (Phi) is 3.99. The van der Waals surface area contributed by atoms with Gasteiger partial charge in [-0.2, -0.15) is 0 Å². The van der Waals surface area contributed by atoms with E-state index in [1.54, 1.807) is 37.3 Å². The van der Waals surface area contributed by atoms with Crippen molar-refractivity contribution in [2.45, 2.75) is 22.8 Å². The summed E-state index contributed by atoms with van der Waals surface area (Å²) >= 11 is 1.07. The summed E-state index contributed by atoms with van der Waals surface area (Å²) in [7, 11) is 0. The van der Waals surface area contributed by atoms with Gasteiger partial charge < -0.3 is 5.73 Å². The Hall–Kier alpha value is -1.39. The van der Waals surface area contributed by atoms with Crippen LogP contribution in [0.1, 0.15) is 18.5 Å². The summed E-state index contributed by atoms with van der Waals surface area (Å²) in [6.07, 6.45) is 0. The Labute approximate surface area is 109 Å². The number of hydrogen-bond donors (Lipinski definition) is 1. The van der Waals surface area contributed by atoms with Crippen LogP contribution in [0.2, 0.25) is 0 Å². The third-order valence-corrected chi connectivity index (χ3v) is 3.64. The van der Waals surface area contributed by atoms with E-state index in [0.29, 0.717) is 9.79 Å². The number of rotatable bonds is 3. The number of benzene rings is 2. The van der Waals surface area contributed by atoms with Gasteiger partial charge in [0.25, 0.3) is 0 Å². The first-order valence-corrected chi connectivity index (χ1v) is 6.37. The van der Waals surface area contributed by atoms with Gasteiger partial charge >= 0.3 is 0 Å². The molecule has 0 unspecified atom stereocenters. The van der Waals surface area contributed by atoms with Crippen molar-refractivity contribution in [2.24, 2.45) is 5.73 Å². The van der Waals surface area contributed by atoms with Crippen molar-refractivity contribution in [1.82, 2.24) is 0 Å². The van der Waals surface area contributed by atoms with E-state index in [0.717, 1.165) is 17.3 Å². The zero-order valence-electron chi connectivity index (χ0n) is 9.86. The molecular weight excluding hydrogens is 252 g/mol. The quantitative estimate of drug-likeness (QED) is 0.902. The van der Waals surface area contributed by atoms with Crippen LogP contribution in [0.15, 0.2) is 52.3 Å². The summed E-state index contributed by atoms with van der Waals surface area (Å²) in [4.78, 5) is 0.800. The molecule has 1 nitrogen and oxygen atoms in total. The molecule has 4 heteroatoms. The van der Waals surface area contributed by atoms with Crippen molar-refractivity contribution < 1.29 is 8.78 Å². The van der Waals surface area contributed by atoms with Gasteiger partial charge in [-0.25, -0.2) is 8.78 Å². The maximum atomic E-state index is 13.8. The average Bonchev–Trinajstić information content (AvgIpc) is 2.34. The molecule has 2 aromatic carbocycles. The van der Waals surface area contributed by atoms with Crippen molar-refractivity contribution in [3.63, 3.8) is 0 Å². The van der Waals surface area contributed by atoms with Gasteiger partial charge in [0.15, 0.2) is 0 Å². The highest BCUT2D eigenvalue weighted by molar-refractivity contribution is 7.99. The molecule has 0 amide bonds. The second kappa shape index (κ2) is 5.50. The number of nitrogens with two attached hydrogens (primary N) is 1. The molecule has 0 aromatic heterocycles. The molecule has 18 heavy (non-hydrogen) atoms. The molecule has 2 N–H and O–H groups in total. The summed E-state index contributed by atoms with van der Waals surface area (Å²) in [5, 5.41) is 0. The molecule has 0 aliphatic carbocycles. The van der Waals surface area contributed by atoms with Gasteiger partial charge in [0.2, 0.25) is 0 Å². The zero-order chi connectivity index (χ0) is 13.1. The van der Waals surface area contributed by atoms with E-state index in [9.17, 15) is 8.78 Å². The lowest BCUT2D eigenvalue weighted by Gasteiger charge is -2.09. The first-order valence-electron chi connectivity index (χ1n) is 5.55. The van der Waals surface area contributed by atoms with Crippen molar-refractivity contribution in [3.05, 3.63) is 59.7 Å². The van der Waals surface area contributed by atoms with Gasteiger partial charge in [0.1, 0.15) is 11.6 Å². The van der Waals surface area contributed by atoms with Gasteiger partial charge in [0.05, 0.1) is 0 Å². The third kappa shape index (κ3) is 2.89. The average molecular weight is 265 g/mol. The molecule has 0 radical (unpaired) electrons. The highest BCUT2D eigenvalue weighted by Gasteiger charge is 2.09. The van der Waals surface area contributed by atoms with E-state index in [4.69, 9.17) is 5.73 Å². The predicted molar refractivity (Wildman–Crippen MR) is 69.5 cm³/mol. The van der Waals surface area contributed by atoms with Crippen molar-refractivity contribution >= 4 is 11.8 Å². The van der Waals surface area contributed by atoms with Crippen LogP contribution in [0.3, 0.4) is 0 Å². The zero-order valence-corrected chi connectivity index (χ0v) is 10.7.